The van der Waals surface area contributed by atoms with Gasteiger partial charge in [-0.15, -0.1) is 0 Å². The molecule has 0 unspecified atom stereocenters. The summed E-state index contributed by atoms with van der Waals surface area (Å²) in [5.74, 6) is -1.24. The van der Waals surface area contributed by atoms with E-state index < -0.39 is 17.4 Å². The van der Waals surface area contributed by atoms with Gasteiger partial charge in [-0.1, -0.05) is 54.6 Å². The molecule has 2 aromatic rings. The fraction of sp³-hybridized carbons (Fsp3) is 0.429. The van der Waals surface area contributed by atoms with Crippen molar-refractivity contribution in [2.45, 2.75) is 62.4 Å². The van der Waals surface area contributed by atoms with E-state index in [2.05, 4.69) is 0 Å². The maximum Gasteiger partial charge on any atom is 0.328 e. The van der Waals surface area contributed by atoms with Crippen LogP contribution < -0.4 is 0 Å². The molecule has 2 aromatic carbocycles. The van der Waals surface area contributed by atoms with Crippen LogP contribution in [0.1, 0.15) is 50.5 Å². The quantitative estimate of drug-likeness (QED) is 0.473. The van der Waals surface area contributed by atoms with Crippen LogP contribution in [0.4, 0.5) is 0 Å². The van der Waals surface area contributed by atoms with Gasteiger partial charge >= 0.3 is 5.97 Å². The number of imide groups is 1. The van der Waals surface area contributed by atoms with Gasteiger partial charge in [0.1, 0.15) is 6.04 Å². The number of methoxy groups -OCH3 is 1. The lowest BCUT2D eigenvalue weighted by atomic mass is 9.75. The summed E-state index contributed by atoms with van der Waals surface area (Å²) in [5, 5.41) is 0. The molecule has 35 heavy (non-hydrogen) atoms. The zero-order valence-electron chi connectivity index (χ0n) is 19.9. The molecule has 2 saturated heterocycles. The number of carbonyl (C=O) groups excluding carboxylic acids is 4. The van der Waals surface area contributed by atoms with Crippen LogP contribution in [0.15, 0.2) is 54.6 Å². The summed E-state index contributed by atoms with van der Waals surface area (Å²) >= 11 is 0. The average molecular weight is 475 g/mol. The Morgan fingerprint density at radius 3 is 2.29 bits per heavy atom. The number of benzene rings is 2. The fourth-order valence-electron chi connectivity index (χ4n) is 5.51. The molecule has 1 saturated carbocycles. The zero-order valence-corrected chi connectivity index (χ0v) is 19.9. The number of piperidine rings is 1. The lowest BCUT2D eigenvalue weighted by Gasteiger charge is -2.36. The van der Waals surface area contributed by atoms with Crippen molar-refractivity contribution < 1.29 is 23.9 Å². The Morgan fingerprint density at radius 2 is 1.63 bits per heavy atom. The van der Waals surface area contributed by atoms with Gasteiger partial charge in [-0.2, -0.15) is 0 Å². The number of ether oxygens (including phenoxy) is 1. The maximum absolute atomic E-state index is 13.8. The van der Waals surface area contributed by atoms with E-state index in [0.29, 0.717) is 18.5 Å². The highest BCUT2D eigenvalue weighted by atomic mass is 16.5. The summed E-state index contributed by atoms with van der Waals surface area (Å²) in [5.41, 5.74) is 1.45. The standard InChI is InChI=1S/C28H30N2O5/c1-35-26(33)23-9-5-6-16-29(23)24(31)17-28(18-25(32)30(27(28)34)22-14-15-22)21-12-10-20(11-13-21)19-7-3-2-4-8-19/h2-4,7-8,10-13,22-23H,5-6,9,14-18H2,1H3/t23-,28-/m0/s1. The van der Waals surface area contributed by atoms with Crippen LogP contribution in [0, 0.1) is 0 Å². The van der Waals surface area contributed by atoms with Gasteiger partial charge in [-0.05, 0) is 48.8 Å². The monoisotopic (exact) mass is 474 g/mol. The van der Waals surface area contributed by atoms with E-state index in [1.54, 1.807) is 4.90 Å². The number of carbonyl (C=O) groups is 4. The zero-order chi connectivity index (χ0) is 24.6. The van der Waals surface area contributed by atoms with Gasteiger partial charge in [0.25, 0.3) is 0 Å². The minimum absolute atomic E-state index is 0.0323. The van der Waals surface area contributed by atoms with Crippen LogP contribution >= 0.6 is 0 Å². The Bertz CT molecular complexity index is 1140. The largest absolute Gasteiger partial charge is 0.467 e. The Hall–Kier alpha value is -3.48. The summed E-state index contributed by atoms with van der Waals surface area (Å²) in [6, 6.07) is 16.8. The predicted molar refractivity (Wildman–Crippen MR) is 129 cm³/mol. The molecule has 2 atom stereocenters. The number of nitrogens with zero attached hydrogens (tertiary/aromatic N) is 2. The molecule has 7 heteroatoms. The first-order valence-corrected chi connectivity index (χ1v) is 12.3. The van der Waals surface area contributed by atoms with Gasteiger partial charge in [0, 0.05) is 25.4 Å². The number of amides is 3. The van der Waals surface area contributed by atoms with E-state index in [9.17, 15) is 19.2 Å². The lowest BCUT2D eigenvalue weighted by Crippen LogP contribution is -2.51. The number of likely N-dealkylation sites (tertiary alicyclic amines) is 2. The molecule has 2 heterocycles. The number of esters is 1. The van der Waals surface area contributed by atoms with Crippen LogP contribution in [0.5, 0.6) is 0 Å². The molecule has 0 spiro atoms. The average Bonchev–Trinajstić information content (AvgIpc) is 3.69. The molecule has 0 radical (unpaired) electrons. The van der Waals surface area contributed by atoms with Gasteiger partial charge in [-0.25, -0.2) is 4.79 Å². The molecular formula is C28H30N2O5. The van der Waals surface area contributed by atoms with Gasteiger partial charge in [-0.3, -0.25) is 19.3 Å². The summed E-state index contributed by atoms with van der Waals surface area (Å²) in [6.45, 7) is 0.441. The van der Waals surface area contributed by atoms with Gasteiger partial charge in [0.15, 0.2) is 0 Å². The van der Waals surface area contributed by atoms with Crippen molar-refractivity contribution in [3.05, 3.63) is 60.2 Å². The van der Waals surface area contributed by atoms with Crippen LogP contribution in [0.25, 0.3) is 11.1 Å². The van der Waals surface area contributed by atoms with E-state index in [4.69, 9.17) is 4.74 Å². The molecule has 5 rings (SSSR count). The van der Waals surface area contributed by atoms with E-state index in [0.717, 1.165) is 36.8 Å². The Balaban J connectivity index is 1.49. The van der Waals surface area contributed by atoms with Crippen molar-refractivity contribution in [1.82, 2.24) is 9.80 Å². The molecule has 0 bridgehead atoms. The van der Waals surface area contributed by atoms with Crippen LogP contribution in [-0.2, 0) is 29.3 Å². The molecular weight excluding hydrogens is 444 g/mol. The van der Waals surface area contributed by atoms with E-state index in [1.807, 2.05) is 54.6 Å². The molecule has 1 aliphatic carbocycles. The molecule has 0 N–H and O–H groups in total. The molecule has 7 nitrogen and oxygen atoms in total. The highest BCUT2D eigenvalue weighted by Crippen LogP contribution is 2.45. The fourth-order valence-corrected chi connectivity index (χ4v) is 5.51. The minimum Gasteiger partial charge on any atom is -0.467 e. The predicted octanol–water partition coefficient (Wildman–Crippen LogP) is 3.46. The Kier molecular flexibility index (Phi) is 6.17. The number of hydrogen-bond acceptors (Lipinski definition) is 5. The first-order valence-electron chi connectivity index (χ1n) is 12.3. The number of rotatable bonds is 6. The van der Waals surface area contributed by atoms with Crippen molar-refractivity contribution >= 4 is 23.7 Å². The van der Waals surface area contributed by atoms with Crippen molar-refractivity contribution in [3.63, 3.8) is 0 Å². The molecule has 3 amide bonds. The third-order valence-electron chi connectivity index (χ3n) is 7.56. The first-order chi connectivity index (χ1) is 16.9. The van der Waals surface area contributed by atoms with E-state index in [1.165, 1.54) is 12.0 Å². The molecule has 182 valence electrons. The van der Waals surface area contributed by atoms with Crippen molar-refractivity contribution in [2.75, 3.05) is 13.7 Å². The second-order valence-electron chi connectivity index (χ2n) is 9.80. The van der Waals surface area contributed by atoms with Crippen molar-refractivity contribution in [2.24, 2.45) is 0 Å². The minimum atomic E-state index is -1.26. The van der Waals surface area contributed by atoms with Crippen LogP contribution in [0.3, 0.4) is 0 Å². The van der Waals surface area contributed by atoms with E-state index in [-0.39, 0.29) is 36.6 Å². The second kappa shape index (κ2) is 9.29. The number of hydrogen-bond donors (Lipinski definition) is 0. The van der Waals surface area contributed by atoms with Gasteiger partial charge in [0.2, 0.25) is 17.7 Å². The van der Waals surface area contributed by atoms with Crippen molar-refractivity contribution in [3.8, 4) is 11.1 Å². The summed E-state index contributed by atoms with van der Waals surface area (Å²) in [7, 11) is 1.32. The van der Waals surface area contributed by atoms with Gasteiger partial charge in [0.05, 0.1) is 12.5 Å². The SMILES string of the molecule is COC(=O)[C@@H]1CCCCN1C(=O)C[C@@]1(c2ccc(-c3ccccc3)cc2)CC(=O)N(C2CC2)C1=O. The molecule has 0 aromatic heterocycles. The third kappa shape index (κ3) is 4.24. The summed E-state index contributed by atoms with van der Waals surface area (Å²) in [4.78, 5) is 55.8. The summed E-state index contributed by atoms with van der Waals surface area (Å²) in [6.07, 6.45) is 3.62. The molecule has 2 aliphatic heterocycles. The first kappa shape index (κ1) is 23.3. The molecule has 3 aliphatic rings. The Morgan fingerprint density at radius 1 is 0.943 bits per heavy atom. The topological polar surface area (TPSA) is 84.0 Å². The lowest BCUT2D eigenvalue weighted by molar-refractivity contribution is -0.155. The van der Waals surface area contributed by atoms with Crippen LogP contribution in [-0.4, -0.2) is 59.2 Å². The smallest absolute Gasteiger partial charge is 0.328 e. The second-order valence-corrected chi connectivity index (χ2v) is 9.80. The van der Waals surface area contributed by atoms with E-state index >= 15 is 0 Å². The van der Waals surface area contributed by atoms with Crippen molar-refractivity contribution in [1.29, 1.82) is 0 Å². The highest BCUT2D eigenvalue weighted by molar-refractivity contribution is 6.11. The Labute approximate surface area is 205 Å². The highest BCUT2D eigenvalue weighted by Gasteiger charge is 2.57. The maximum atomic E-state index is 13.8. The van der Waals surface area contributed by atoms with Crippen LogP contribution in [0.2, 0.25) is 0 Å². The molecule has 3 fully saturated rings. The normalized spacial score (nSPS) is 24.5. The van der Waals surface area contributed by atoms with Gasteiger partial charge < -0.3 is 9.64 Å². The third-order valence-corrected chi connectivity index (χ3v) is 7.56. The summed E-state index contributed by atoms with van der Waals surface area (Å²) < 4.78 is 4.94.